The van der Waals surface area contributed by atoms with Crippen LogP contribution in [-0.4, -0.2) is 43.0 Å². The molecular formula is C14H20FN3O. The van der Waals surface area contributed by atoms with Crippen molar-refractivity contribution in [2.45, 2.75) is 19.5 Å². The molecule has 1 aliphatic rings. The summed E-state index contributed by atoms with van der Waals surface area (Å²) in [5.41, 5.74) is 0.906. The zero-order valence-electron chi connectivity index (χ0n) is 11.2. The molecule has 0 unspecified atom stereocenters. The van der Waals surface area contributed by atoms with E-state index in [2.05, 4.69) is 22.5 Å². The van der Waals surface area contributed by atoms with Gasteiger partial charge < -0.3 is 10.6 Å². The smallest absolute Gasteiger partial charge is 0.234 e. The van der Waals surface area contributed by atoms with Crippen molar-refractivity contribution in [2.24, 2.45) is 0 Å². The van der Waals surface area contributed by atoms with Crippen molar-refractivity contribution in [1.82, 2.24) is 15.5 Å². The molecule has 1 aliphatic heterocycles. The van der Waals surface area contributed by atoms with E-state index in [0.717, 1.165) is 25.2 Å². The molecule has 1 atom stereocenters. The first-order chi connectivity index (χ1) is 9.15. The molecule has 104 valence electrons. The highest BCUT2D eigenvalue weighted by Crippen LogP contribution is 2.03. The van der Waals surface area contributed by atoms with Gasteiger partial charge in [0.25, 0.3) is 0 Å². The van der Waals surface area contributed by atoms with E-state index in [1.807, 2.05) is 0 Å². The quantitative estimate of drug-likeness (QED) is 0.844. The van der Waals surface area contributed by atoms with Crippen LogP contribution in [0.25, 0.3) is 0 Å². The van der Waals surface area contributed by atoms with Gasteiger partial charge in [-0.25, -0.2) is 4.39 Å². The fourth-order valence-electron chi connectivity index (χ4n) is 2.16. The second kappa shape index (κ2) is 6.63. The lowest BCUT2D eigenvalue weighted by atomic mass is 10.2. The Bertz CT molecular complexity index is 421. The van der Waals surface area contributed by atoms with Gasteiger partial charge in [0, 0.05) is 32.2 Å². The minimum absolute atomic E-state index is 0.0121. The summed E-state index contributed by atoms with van der Waals surface area (Å²) in [5.74, 6) is -0.247. The van der Waals surface area contributed by atoms with Crippen LogP contribution >= 0.6 is 0 Å². The summed E-state index contributed by atoms with van der Waals surface area (Å²) >= 11 is 0. The van der Waals surface area contributed by atoms with E-state index in [1.165, 1.54) is 12.1 Å². The number of halogens is 1. The molecule has 5 heteroatoms. The van der Waals surface area contributed by atoms with E-state index < -0.39 is 0 Å². The molecule has 0 aromatic heterocycles. The standard InChI is InChI=1S/C14H20FN3O/c1-11-8-16-6-7-18(11)10-14(19)17-9-12-2-4-13(15)5-3-12/h2-5,11,16H,6-10H2,1H3,(H,17,19)/t11-/m0/s1. The Hall–Kier alpha value is -1.46. The predicted molar refractivity (Wildman–Crippen MR) is 72.2 cm³/mol. The second-order valence-electron chi connectivity index (χ2n) is 4.93. The summed E-state index contributed by atoms with van der Waals surface area (Å²) in [6.45, 7) is 5.72. The Morgan fingerprint density at radius 3 is 2.89 bits per heavy atom. The highest BCUT2D eigenvalue weighted by molar-refractivity contribution is 5.78. The van der Waals surface area contributed by atoms with E-state index in [4.69, 9.17) is 0 Å². The van der Waals surface area contributed by atoms with Crippen LogP contribution in [0.1, 0.15) is 12.5 Å². The third kappa shape index (κ3) is 4.29. The van der Waals surface area contributed by atoms with Gasteiger partial charge >= 0.3 is 0 Å². The van der Waals surface area contributed by atoms with Crippen LogP contribution in [-0.2, 0) is 11.3 Å². The topological polar surface area (TPSA) is 44.4 Å². The van der Waals surface area contributed by atoms with Crippen LogP contribution in [0.3, 0.4) is 0 Å². The van der Waals surface area contributed by atoms with Crippen molar-refractivity contribution >= 4 is 5.91 Å². The summed E-state index contributed by atoms with van der Waals surface area (Å²) in [5, 5.41) is 6.15. The van der Waals surface area contributed by atoms with Crippen molar-refractivity contribution in [3.63, 3.8) is 0 Å². The minimum Gasteiger partial charge on any atom is -0.351 e. The van der Waals surface area contributed by atoms with Crippen LogP contribution < -0.4 is 10.6 Å². The fraction of sp³-hybridized carbons (Fsp3) is 0.500. The second-order valence-corrected chi connectivity index (χ2v) is 4.93. The van der Waals surface area contributed by atoms with Gasteiger partial charge in [0.15, 0.2) is 0 Å². The number of carbonyl (C=O) groups is 1. The molecule has 2 N–H and O–H groups in total. The van der Waals surface area contributed by atoms with Gasteiger partial charge in [-0.2, -0.15) is 0 Å². The van der Waals surface area contributed by atoms with E-state index in [-0.39, 0.29) is 11.7 Å². The maximum absolute atomic E-state index is 12.7. The largest absolute Gasteiger partial charge is 0.351 e. The predicted octanol–water partition coefficient (Wildman–Crippen LogP) is 0.736. The zero-order chi connectivity index (χ0) is 13.7. The Morgan fingerprint density at radius 1 is 1.47 bits per heavy atom. The number of amides is 1. The molecule has 0 saturated carbocycles. The fourth-order valence-corrected chi connectivity index (χ4v) is 2.16. The first kappa shape index (κ1) is 14.0. The van der Waals surface area contributed by atoms with E-state index in [0.29, 0.717) is 19.1 Å². The van der Waals surface area contributed by atoms with Crippen molar-refractivity contribution in [3.8, 4) is 0 Å². The van der Waals surface area contributed by atoms with Crippen LogP contribution in [0, 0.1) is 5.82 Å². The van der Waals surface area contributed by atoms with E-state index in [9.17, 15) is 9.18 Å². The number of carbonyl (C=O) groups excluding carboxylic acids is 1. The molecule has 19 heavy (non-hydrogen) atoms. The molecule has 0 radical (unpaired) electrons. The lowest BCUT2D eigenvalue weighted by Crippen LogP contribution is -2.52. The van der Waals surface area contributed by atoms with E-state index in [1.54, 1.807) is 12.1 Å². The highest BCUT2D eigenvalue weighted by Gasteiger charge is 2.19. The number of nitrogens with zero attached hydrogens (tertiary/aromatic N) is 1. The Morgan fingerprint density at radius 2 is 2.21 bits per heavy atom. The Labute approximate surface area is 113 Å². The molecule has 1 amide bonds. The van der Waals surface area contributed by atoms with Crippen molar-refractivity contribution in [1.29, 1.82) is 0 Å². The van der Waals surface area contributed by atoms with Gasteiger partial charge in [0.2, 0.25) is 5.91 Å². The molecule has 4 nitrogen and oxygen atoms in total. The molecular weight excluding hydrogens is 245 g/mol. The summed E-state index contributed by atoms with van der Waals surface area (Å²) in [6, 6.07) is 6.55. The first-order valence-electron chi connectivity index (χ1n) is 6.61. The summed E-state index contributed by atoms with van der Waals surface area (Å²) in [4.78, 5) is 14.0. The zero-order valence-corrected chi connectivity index (χ0v) is 11.2. The molecule has 0 spiro atoms. The number of nitrogens with one attached hydrogen (secondary N) is 2. The molecule has 1 fully saturated rings. The monoisotopic (exact) mass is 265 g/mol. The minimum atomic E-state index is -0.260. The van der Waals surface area contributed by atoms with Crippen molar-refractivity contribution < 1.29 is 9.18 Å². The van der Waals surface area contributed by atoms with Gasteiger partial charge in [-0.3, -0.25) is 9.69 Å². The summed E-state index contributed by atoms with van der Waals surface area (Å²) in [6.07, 6.45) is 0. The van der Waals surface area contributed by atoms with Gasteiger partial charge in [-0.1, -0.05) is 12.1 Å². The molecule has 2 rings (SSSR count). The van der Waals surface area contributed by atoms with Gasteiger partial charge in [-0.15, -0.1) is 0 Å². The average molecular weight is 265 g/mol. The van der Waals surface area contributed by atoms with Crippen molar-refractivity contribution in [2.75, 3.05) is 26.2 Å². The molecule has 0 aliphatic carbocycles. The van der Waals surface area contributed by atoms with Crippen LogP contribution in [0.4, 0.5) is 4.39 Å². The molecule has 1 aromatic carbocycles. The number of hydrogen-bond donors (Lipinski definition) is 2. The van der Waals surface area contributed by atoms with E-state index >= 15 is 0 Å². The number of hydrogen-bond acceptors (Lipinski definition) is 3. The normalized spacial score (nSPS) is 20.2. The maximum Gasteiger partial charge on any atom is 0.234 e. The first-order valence-corrected chi connectivity index (χ1v) is 6.61. The molecule has 1 aromatic rings. The summed E-state index contributed by atoms with van der Waals surface area (Å²) < 4.78 is 12.7. The van der Waals surface area contributed by atoms with Gasteiger partial charge in [-0.05, 0) is 24.6 Å². The average Bonchev–Trinajstić information content (AvgIpc) is 2.41. The Kier molecular flexibility index (Phi) is 4.87. The van der Waals surface area contributed by atoms with Gasteiger partial charge in [0.05, 0.1) is 6.54 Å². The Balaban J connectivity index is 1.76. The van der Waals surface area contributed by atoms with Crippen LogP contribution in [0.2, 0.25) is 0 Å². The molecule has 0 bridgehead atoms. The third-order valence-corrected chi connectivity index (χ3v) is 3.39. The molecule has 1 heterocycles. The third-order valence-electron chi connectivity index (χ3n) is 3.39. The SMILES string of the molecule is C[C@H]1CNCCN1CC(=O)NCc1ccc(F)cc1. The maximum atomic E-state index is 12.7. The number of benzene rings is 1. The lowest BCUT2D eigenvalue weighted by molar-refractivity contribution is -0.123. The van der Waals surface area contributed by atoms with Crippen LogP contribution in [0.5, 0.6) is 0 Å². The number of rotatable bonds is 4. The summed E-state index contributed by atoms with van der Waals surface area (Å²) in [7, 11) is 0. The van der Waals surface area contributed by atoms with Gasteiger partial charge in [0.1, 0.15) is 5.82 Å². The highest BCUT2D eigenvalue weighted by atomic mass is 19.1. The number of piperazine rings is 1. The molecule has 1 saturated heterocycles. The lowest BCUT2D eigenvalue weighted by Gasteiger charge is -2.33. The van der Waals surface area contributed by atoms with Crippen LogP contribution in [0.15, 0.2) is 24.3 Å². The van der Waals surface area contributed by atoms with Crippen molar-refractivity contribution in [3.05, 3.63) is 35.6 Å².